The van der Waals surface area contributed by atoms with Gasteiger partial charge >= 0.3 is 0 Å². The van der Waals surface area contributed by atoms with Crippen LogP contribution in [-0.2, 0) is 13.5 Å². The molecule has 0 fully saturated rings. The molecular weight excluding hydrogens is 228 g/mol. The standard InChI is InChI=1S/C12H18N6/c1-4-9-10(8-18(3)17-9)15-11-6-7-14-12(16-11)13-5-2/h6-8H,4-5H2,1-3H3,(H2,13,14,15,16). The summed E-state index contributed by atoms with van der Waals surface area (Å²) in [5.41, 5.74) is 2.02. The summed E-state index contributed by atoms with van der Waals surface area (Å²) in [6, 6.07) is 1.84. The fourth-order valence-electron chi connectivity index (χ4n) is 1.71. The summed E-state index contributed by atoms with van der Waals surface area (Å²) in [5, 5.41) is 10.7. The predicted octanol–water partition coefficient (Wildman–Crippen LogP) is 1.95. The maximum absolute atomic E-state index is 4.38. The molecular formula is C12H18N6. The van der Waals surface area contributed by atoms with E-state index in [1.807, 2.05) is 26.2 Å². The van der Waals surface area contributed by atoms with E-state index in [0.717, 1.165) is 30.2 Å². The first kappa shape index (κ1) is 12.3. The molecule has 2 heterocycles. The molecule has 0 saturated heterocycles. The lowest BCUT2D eigenvalue weighted by Gasteiger charge is -2.06. The maximum Gasteiger partial charge on any atom is 0.224 e. The molecule has 0 aliphatic carbocycles. The quantitative estimate of drug-likeness (QED) is 0.844. The first-order chi connectivity index (χ1) is 8.72. The van der Waals surface area contributed by atoms with Gasteiger partial charge in [-0.3, -0.25) is 4.68 Å². The van der Waals surface area contributed by atoms with E-state index in [4.69, 9.17) is 0 Å². The van der Waals surface area contributed by atoms with Gasteiger partial charge < -0.3 is 10.6 Å². The van der Waals surface area contributed by atoms with Crippen LogP contribution < -0.4 is 10.6 Å². The van der Waals surface area contributed by atoms with Crippen LogP contribution in [0.3, 0.4) is 0 Å². The second-order valence-corrected chi connectivity index (χ2v) is 3.94. The average molecular weight is 246 g/mol. The van der Waals surface area contributed by atoms with Gasteiger partial charge in [0.05, 0.1) is 11.4 Å². The molecule has 0 unspecified atom stereocenters. The van der Waals surface area contributed by atoms with Crippen LogP contribution in [0.5, 0.6) is 0 Å². The Morgan fingerprint density at radius 2 is 2.17 bits per heavy atom. The van der Waals surface area contributed by atoms with Crippen molar-refractivity contribution in [3.8, 4) is 0 Å². The molecule has 0 radical (unpaired) electrons. The minimum absolute atomic E-state index is 0.629. The molecule has 2 N–H and O–H groups in total. The molecule has 0 aliphatic rings. The van der Waals surface area contributed by atoms with Crippen LogP contribution in [0.25, 0.3) is 0 Å². The minimum Gasteiger partial charge on any atom is -0.354 e. The molecule has 2 aromatic rings. The number of hydrogen-bond donors (Lipinski definition) is 2. The zero-order valence-electron chi connectivity index (χ0n) is 10.9. The average Bonchev–Trinajstić information content (AvgIpc) is 2.70. The molecule has 0 aliphatic heterocycles. The van der Waals surface area contributed by atoms with Gasteiger partial charge in [0, 0.05) is 26.0 Å². The normalized spacial score (nSPS) is 10.4. The third-order valence-corrected chi connectivity index (χ3v) is 2.49. The fourth-order valence-corrected chi connectivity index (χ4v) is 1.71. The SMILES string of the molecule is CCNc1nccc(Nc2cn(C)nc2CC)n1. The van der Waals surface area contributed by atoms with Crippen molar-refractivity contribution in [2.45, 2.75) is 20.3 Å². The second kappa shape index (κ2) is 5.48. The van der Waals surface area contributed by atoms with Crippen LogP contribution in [0.2, 0.25) is 0 Å². The lowest BCUT2D eigenvalue weighted by molar-refractivity contribution is 0.746. The Bertz CT molecular complexity index is 519. The summed E-state index contributed by atoms with van der Waals surface area (Å²) in [7, 11) is 1.91. The van der Waals surface area contributed by atoms with E-state index in [-0.39, 0.29) is 0 Å². The number of hydrogen-bond acceptors (Lipinski definition) is 5. The highest BCUT2D eigenvalue weighted by Gasteiger charge is 2.07. The molecule has 2 rings (SSSR count). The minimum atomic E-state index is 0.629. The van der Waals surface area contributed by atoms with Gasteiger partial charge in [-0.25, -0.2) is 4.98 Å². The molecule has 0 bridgehead atoms. The third kappa shape index (κ3) is 2.77. The highest BCUT2D eigenvalue weighted by Crippen LogP contribution is 2.19. The number of nitrogens with zero attached hydrogens (tertiary/aromatic N) is 4. The molecule has 0 atom stereocenters. The number of rotatable bonds is 5. The van der Waals surface area contributed by atoms with E-state index < -0.39 is 0 Å². The highest BCUT2D eigenvalue weighted by atomic mass is 15.3. The Morgan fingerprint density at radius 1 is 1.33 bits per heavy atom. The summed E-state index contributed by atoms with van der Waals surface area (Å²) in [6.07, 6.45) is 4.57. The van der Waals surface area contributed by atoms with Crippen molar-refractivity contribution in [1.82, 2.24) is 19.7 Å². The maximum atomic E-state index is 4.38. The van der Waals surface area contributed by atoms with Gasteiger partial charge in [0.1, 0.15) is 5.82 Å². The van der Waals surface area contributed by atoms with Gasteiger partial charge in [0.15, 0.2) is 0 Å². The summed E-state index contributed by atoms with van der Waals surface area (Å²) < 4.78 is 1.80. The van der Waals surface area contributed by atoms with Gasteiger partial charge in [-0.2, -0.15) is 10.1 Å². The van der Waals surface area contributed by atoms with Crippen LogP contribution in [-0.4, -0.2) is 26.3 Å². The topological polar surface area (TPSA) is 67.7 Å². The largest absolute Gasteiger partial charge is 0.354 e. The van der Waals surface area contributed by atoms with Gasteiger partial charge in [-0.05, 0) is 19.4 Å². The number of aryl methyl sites for hydroxylation is 2. The van der Waals surface area contributed by atoms with Crippen LogP contribution in [0.15, 0.2) is 18.5 Å². The first-order valence-electron chi connectivity index (χ1n) is 6.09. The van der Waals surface area contributed by atoms with Gasteiger partial charge in [-0.1, -0.05) is 6.92 Å². The summed E-state index contributed by atoms with van der Waals surface area (Å²) >= 11 is 0. The lowest BCUT2D eigenvalue weighted by Crippen LogP contribution is -2.03. The molecule has 18 heavy (non-hydrogen) atoms. The van der Waals surface area contributed by atoms with Gasteiger partial charge in [0.25, 0.3) is 0 Å². The number of aromatic nitrogens is 4. The Morgan fingerprint density at radius 3 is 2.89 bits per heavy atom. The van der Waals surface area contributed by atoms with Crippen molar-refractivity contribution in [2.24, 2.45) is 7.05 Å². The zero-order valence-corrected chi connectivity index (χ0v) is 10.9. The molecule has 6 heteroatoms. The first-order valence-corrected chi connectivity index (χ1v) is 6.09. The highest BCUT2D eigenvalue weighted by molar-refractivity contribution is 5.58. The summed E-state index contributed by atoms with van der Waals surface area (Å²) in [5.74, 6) is 1.40. The molecule has 2 aromatic heterocycles. The van der Waals surface area contributed by atoms with E-state index >= 15 is 0 Å². The Hall–Kier alpha value is -2.11. The van der Waals surface area contributed by atoms with Crippen LogP contribution in [0.1, 0.15) is 19.5 Å². The van der Waals surface area contributed by atoms with Gasteiger partial charge in [0.2, 0.25) is 5.95 Å². The van der Waals surface area contributed by atoms with Crippen LogP contribution >= 0.6 is 0 Å². The van der Waals surface area contributed by atoms with Crippen molar-refractivity contribution < 1.29 is 0 Å². The molecule has 0 amide bonds. The lowest BCUT2D eigenvalue weighted by atomic mass is 10.3. The fraction of sp³-hybridized carbons (Fsp3) is 0.417. The van der Waals surface area contributed by atoms with Crippen LogP contribution in [0, 0.1) is 0 Å². The Labute approximate surface area is 106 Å². The van der Waals surface area contributed by atoms with E-state index in [2.05, 4.69) is 32.6 Å². The molecule has 0 saturated carbocycles. The molecule has 6 nitrogen and oxygen atoms in total. The van der Waals surface area contributed by atoms with Gasteiger partial charge in [-0.15, -0.1) is 0 Å². The van der Waals surface area contributed by atoms with Crippen LogP contribution in [0.4, 0.5) is 17.5 Å². The predicted molar refractivity (Wildman–Crippen MR) is 72.1 cm³/mol. The second-order valence-electron chi connectivity index (χ2n) is 3.94. The Kier molecular flexibility index (Phi) is 3.76. The van der Waals surface area contributed by atoms with Crippen molar-refractivity contribution in [3.63, 3.8) is 0 Å². The van der Waals surface area contributed by atoms with E-state index in [1.54, 1.807) is 10.9 Å². The monoisotopic (exact) mass is 246 g/mol. The van der Waals surface area contributed by atoms with Crippen molar-refractivity contribution in [3.05, 3.63) is 24.2 Å². The molecule has 96 valence electrons. The summed E-state index contributed by atoms with van der Waals surface area (Å²) in [6.45, 7) is 4.90. The molecule has 0 spiro atoms. The van der Waals surface area contributed by atoms with Crippen molar-refractivity contribution in [1.29, 1.82) is 0 Å². The van der Waals surface area contributed by atoms with Crippen molar-refractivity contribution >= 4 is 17.5 Å². The van der Waals surface area contributed by atoms with E-state index in [0.29, 0.717) is 5.95 Å². The number of anilines is 3. The number of nitrogens with one attached hydrogen (secondary N) is 2. The van der Waals surface area contributed by atoms with E-state index in [9.17, 15) is 0 Å². The van der Waals surface area contributed by atoms with E-state index in [1.165, 1.54) is 0 Å². The molecule has 0 aromatic carbocycles. The Balaban J connectivity index is 2.19. The third-order valence-electron chi connectivity index (χ3n) is 2.49. The smallest absolute Gasteiger partial charge is 0.224 e. The van der Waals surface area contributed by atoms with Crippen molar-refractivity contribution in [2.75, 3.05) is 17.2 Å². The zero-order chi connectivity index (χ0) is 13.0. The summed E-state index contributed by atoms with van der Waals surface area (Å²) in [4.78, 5) is 8.51.